The molecule has 0 aromatic carbocycles. The van der Waals surface area contributed by atoms with Gasteiger partial charge in [0.25, 0.3) is 0 Å². The zero-order valence-electron chi connectivity index (χ0n) is 14.0. The Kier molecular flexibility index (Phi) is 4.55. The largest absolute Gasteiger partial charge is 0.378 e. The predicted molar refractivity (Wildman–Crippen MR) is 96.7 cm³/mol. The van der Waals surface area contributed by atoms with E-state index in [-0.39, 0.29) is 11.8 Å². The number of anilines is 3. The number of nitrogens with two attached hydrogens (primary N) is 1. The van der Waals surface area contributed by atoms with Crippen LogP contribution in [0.15, 0.2) is 12.4 Å². The number of rotatable bonds is 4. The number of hydrogen-bond acceptors (Lipinski definition) is 10. The normalized spacial score (nSPS) is 17.0. The monoisotopic (exact) mass is 377 g/mol. The first-order valence-corrected chi connectivity index (χ1v) is 9.66. The molecule has 0 saturated carbocycles. The molecule has 0 unspecified atom stereocenters. The first kappa shape index (κ1) is 16.9. The summed E-state index contributed by atoms with van der Waals surface area (Å²) in [6, 6.07) is 0. The van der Waals surface area contributed by atoms with Crippen LogP contribution >= 0.6 is 0 Å². The van der Waals surface area contributed by atoms with Crippen LogP contribution in [-0.2, 0) is 21.9 Å². The van der Waals surface area contributed by atoms with E-state index in [0.717, 1.165) is 16.8 Å². The number of hydrogen-bond donors (Lipinski definition) is 2. The van der Waals surface area contributed by atoms with Crippen molar-refractivity contribution in [2.24, 2.45) is 0 Å². The van der Waals surface area contributed by atoms with Crippen molar-refractivity contribution in [3.05, 3.63) is 18.0 Å². The van der Waals surface area contributed by atoms with Gasteiger partial charge in [0.05, 0.1) is 18.9 Å². The standard InChI is InChI=1S/C15H19N7O3S/c16-14-17-7-10(8-18-14)12-11-1-2-22(9-26(23)24)13(11)20-15(19-12)21-3-5-25-6-4-21/h7-8,26H,1-6,9H2,(H2,16,17,18). The van der Waals surface area contributed by atoms with Crippen molar-refractivity contribution in [3.8, 4) is 11.3 Å². The summed E-state index contributed by atoms with van der Waals surface area (Å²) in [4.78, 5) is 21.3. The molecule has 4 rings (SSSR count). The van der Waals surface area contributed by atoms with Gasteiger partial charge in [-0.3, -0.25) is 0 Å². The van der Waals surface area contributed by atoms with E-state index in [1.807, 2.05) is 4.90 Å². The van der Waals surface area contributed by atoms with Crippen LogP contribution < -0.4 is 15.5 Å². The van der Waals surface area contributed by atoms with Gasteiger partial charge in [0.2, 0.25) is 11.9 Å². The van der Waals surface area contributed by atoms with Crippen molar-refractivity contribution in [3.63, 3.8) is 0 Å². The van der Waals surface area contributed by atoms with Crippen LogP contribution in [0.1, 0.15) is 5.56 Å². The van der Waals surface area contributed by atoms with Crippen molar-refractivity contribution in [1.29, 1.82) is 0 Å². The molecule has 0 radical (unpaired) electrons. The van der Waals surface area contributed by atoms with E-state index in [4.69, 9.17) is 15.5 Å². The summed E-state index contributed by atoms with van der Waals surface area (Å²) in [5.74, 6) is 1.36. The number of nitrogens with zero attached hydrogens (tertiary/aromatic N) is 6. The zero-order valence-corrected chi connectivity index (χ0v) is 14.9. The summed E-state index contributed by atoms with van der Waals surface area (Å²) in [5, 5.41) is 0. The number of nitrogen functional groups attached to an aromatic ring is 1. The molecule has 0 atom stereocenters. The predicted octanol–water partition coefficient (Wildman–Crippen LogP) is -0.716. The molecule has 26 heavy (non-hydrogen) atoms. The first-order chi connectivity index (χ1) is 12.6. The van der Waals surface area contributed by atoms with E-state index in [9.17, 15) is 8.42 Å². The van der Waals surface area contributed by atoms with Crippen molar-refractivity contribution in [2.75, 3.05) is 54.3 Å². The maximum atomic E-state index is 11.2. The Morgan fingerprint density at radius 2 is 1.85 bits per heavy atom. The summed E-state index contributed by atoms with van der Waals surface area (Å²) in [5.41, 5.74) is 7.96. The van der Waals surface area contributed by atoms with Gasteiger partial charge >= 0.3 is 0 Å². The van der Waals surface area contributed by atoms with Crippen molar-refractivity contribution in [2.45, 2.75) is 6.42 Å². The average Bonchev–Trinajstić information content (AvgIpc) is 3.05. The van der Waals surface area contributed by atoms with E-state index >= 15 is 0 Å². The Balaban J connectivity index is 1.81. The molecule has 0 aliphatic carbocycles. The SMILES string of the molecule is Nc1ncc(-c2nc(N3CCOCC3)nc3c2CCN3C[SH](=O)=O)cn1. The lowest BCUT2D eigenvalue weighted by Crippen LogP contribution is -2.37. The van der Waals surface area contributed by atoms with Gasteiger partial charge in [0.1, 0.15) is 11.7 Å². The molecule has 2 aromatic rings. The highest BCUT2D eigenvalue weighted by Gasteiger charge is 2.28. The minimum absolute atomic E-state index is 0.0560. The van der Waals surface area contributed by atoms with Crippen LogP contribution in [0.25, 0.3) is 11.3 Å². The average molecular weight is 377 g/mol. The van der Waals surface area contributed by atoms with Crippen LogP contribution in [0.3, 0.4) is 0 Å². The van der Waals surface area contributed by atoms with Gasteiger partial charge in [-0.05, 0) is 6.42 Å². The minimum Gasteiger partial charge on any atom is -0.378 e. The molecule has 2 aliphatic heterocycles. The number of aromatic nitrogens is 4. The highest BCUT2D eigenvalue weighted by atomic mass is 32.2. The molecule has 1 fully saturated rings. The molecule has 0 bridgehead atoms. The highest BCUT2D eigenvalue weighted by molar-refractivity contribution is 7.72. The third-order valence-corrected chi connectivity index (χ3v) is 5.00. The van der Waals surface area contributed by atoms with Gasteiger partial charge in [-0.2, -0.15) is 4.98 Å². The molecule has 0 spiro atoms. The Labute approximate surface area is 152 Å². The van der Waals surface area contributed by atoms with E-state index in [2.05, 4.69) is 15.0 Å². The molecule has 10 nitrogen and oxygen atoms in total. The minimum atomic E-state index is -2.54. The second-order valence-corrected chi connectivity index (χ2v) is 7.04. The van der Waals surface area contributed by atoms with Gasteiger partial charge < -0.3 is 20.3 Å². The topological polar surface area (TPSA) is 127 Å². The summed E-state index contributed by atoms with van der Waals surface area (Å²) in [7, 11) is -2.54. The highest BCUT2D eigenvalue weighted by Crippen LogP contribution is 2.35. The van der Waals surface area contributed by atoms with Gasteiger partial charge in [-0.1, -0.05) is 0 Å². The Morgan fingerprint density at radius 1 is 1.12 bits per heavy atom. The number of fused-ring (bicyclic) bond motifs is 1. The fourth-order valence-electron chi connectivity index (χ4n) is 3.19. The second kappa shape index (κ2) is 7.00. The third kappa shape index (κ3) is 3.27. The molecular formula is C15H19N7O3S. The van der Waals surface area contributed by atoms with Gasteiger partial charge in [0, 0.05) is 43.2 Å². The van der Waals surface area contributed by atoms with Gasteiger partial charge in [-0.25, -0.2) is 23.4 Å². The molecule has 11 heteroatoms. The number of thiol groups is 1. The van der Waals surface area contributed by atoms with Crippen molar-refractivity contribution < 1.29 is 13.2 Å². The molecule has 4 heterocycles. The Hall–Kier alpha value is -2.53. The summed E-state index contributed by atoms with van der Waals surface area (Å²) >= 11 is 0. The van der Waals surface area contributed by atoms with Crippen LogP contribution in [-0.4, -0.2) is 67.1 Å². The van der Waals surface area contributed by atoms with E-state index in [0.29, 0.717) is 51.0 Å². The van der Waals surface area contributed by atoms with Crippen LogP contribution in [0.5, 0.6) is 0 Å². The van der Waals surface area contributed by atoms with Crippen LogP contribution in [0.2, 0.25) is 0 Å². The first-order valence-electron chi connectivity index (χ1n) is 8.30. The van der Waals surface area contributed by atoms with Gasteiger partial charge in [-0.15, -0.1) is 0 Å². The third-order valence-electron chi connectivity index (χ3n) is 4.43. The fourth-order valence-corrected chi connectivity index (χ4v) is 3.74. The lowest BCUT2D eigenvalue weighted by molar-refractivity contribution is 0.122. The molecule has 2 aromatic heterocycles. The molecule has 138 valence electrons. The van der Waals surface area contributed by atoms with Gasteiger partial charge in [0.15, 0.2) is 10.7 Å². The zero-order chi connectivity index (χ0) is 18.1. The molecule has 0 amide bonds. The maximum Gasteiger partial charge on any atom is 0.228 e. The van der Waals surface area contributed by atoms with Crippen molar-refractivity contribution >= 4 is 28.4 Å². The van der Waals surface area contributed by atoms with E-state index < -0.39 is 10.7 Å². The van der Waals surface area contributed by atoms with Crippen molar-refractivity contribution in [1.82, 2.24) is 19.9 Å². The quantitative estimate of drug-likeness (QED) is 0.659. The second-order valence-electron chi connectivity index (χ2n) is 6.09. The molecular weight excluding hydrogens is 358 g/mol. The number of morpholine rings is 1. The van der Waals surface area contributed by atoms with E-state index in [1.54, 1.807) is 17.3 Å². The summed E-state index contributed by atoms with van der Waals surface area (Å²) in [6.07, 6.45) is 3.93. The number of ether oxygens (including phenoxy) is 1. The molecule has 2 N–H and O–H groups in total. The fraction of sp³-hybridized carbons (Fsp3) is 0.467. The Bertz CT molecular complexity index is 874. The molecule has 1 saturated heterocycles. The van der Waals surface area contributed by atoms with Crippen LogP contribution in [0, 0.1) is 0 Å². The van der Waals surface area contributed by atoms with E-state index in [1.165, 1.54) is 0 Å². The summed E-state index contributed by atoms with van der Waals surface area (Å²) < 4.78 is 27.9. The Morgan fingerprint density at radius 3 is 2.54 bits per heavy atom. The lowest BCUT2D eigenvalue weighted by atomic mass is 10.1. The summed E-state index contributed by atoms with van der Waals surface area (Å²) in [6.45, 7) is 3.18. The van der Waals surface area contributed by atoms with Crippen LogP contribution in [0.4, 0.5) is 17.7 Å². The maximum absolute atomic E-state index is 11.2. The lowest BCUT2D eigenvalue weighted by Gasteiger charge is -2.28. The molecule has 2 aliphatic rings. The smallest absolute Gasteiger partial charge is 0.228 e.